The summed E-state index contributed by atoms with van der Waals surface area (Å²) in [6, 6.07) is 4.12. The average Bonchev–Trinajstić information content (AvgIpc) is 2.51. The first-order valence-corrected chi connectivity index (χ1v) is 4.68. The van der Waals surface area contributed by atoms with Gasteiger partial charge < -0.3 is 4.98 Å². The molecule has 0 aliphatic rings. The van der Waals surface area contributed by atoms with E-state index in [4.69, 9.17) is 0 Å². The summed E-state index contributed by atoms with van der Waals surface area (Å²) in [6.45, 7) is 8.08. The van der Waals surface area contributed by atoms with Crippen LogP contribution in [0.15, 0.2) is 18.3 Å². The smallest absolute Gasteiger partial charge is 0.0489 e. The Hall–Kier alpha value is -1.31. The molecule has 2 nitrogen and oxygen atoms in total. The summed E-state index contributed by atoms with van der Waals surface area (Å²) in [7, 11) is 0. The zero-order valence-electron chi connectivity index (χ0n) is 8.68. The second-order valence-electron chi connectivity index (χ2n) is 2.81. The van der Waals surface area contributed by atoms with Gasteiger partial charge in [0.15, 0.2) is 0 Å². The quantitative estimate of drug-likeness (QED) is 0.656. The van der Waals surface area contributed by atoms with E-state index in [1.165, 1.54) is 16.6 Å². The van der Waals surface area contributed by atoms with Crippen molar-refractivity contribution in [1.82, 2.24) is 9.97 Å². The van der Waals surface area contributed by atoms with Gasteiger partial charge in [-0.05, 0) is 26.0 Å². The van der Waals surface area contributed by atoms with Crippen molar-refractivity contribution in [2.75, 3.05) is 0 Å². The number of aromatic amines is 1. The largest absolute Gasteiger partial charge is 0.359 e. The molecule has 0 aromatic carbocycles. The molecule has 0 aliphatic heterocycles. The summed E-state index contributed by atoms with van der Waals surface area (Å²) in [5.74, 6) is 0. The highest BCUT2D eigenvalue weighted by Crippen LogP contribution is 2.16. The lowest BCUT2D eigenvalue weighted by atomic mass is 10.2. The van der Waals surface area contributed by atoms with Crippen LogP contribution < -0.4 is 0 Å². The Bertz CT molecular complexity index is 388. The van der Waals surface area contributed by atoms with Gasteiger partial charge in [-0.15, -0.1) is 0 Å². The Morgan fingerprint density at radius 3 is 2.54 bits per heavy atom. The van der Waals surface area contributed by atoms with E-state index < -0.39 is 0 Å². The number of fused-ring (bicyclic) bond motifs is 1. The van der Waals surface area contributed by atoms with Crippen molar-refractivity contribution < 1.29 is 0 Å². The minimum Gasteiger partial charge on any atom is -0.359 e. The van der Waals surface area contributed by atoms with Gasteiger partial charge in [0.2, 0.25) is 0 Å². The zero-order valence-corrected chi connectivity index (χ0v) is 8.68. The number of hydrogen-bond donors (Lipinski definition) is 1. The lowest BCUT2D eigenvalue weighted by molar-refractivity contribution is 1.23. The number of pyridine rings is 1. The van der Waals surface area contributed by atoms with Gasteiger partial charge in [0, 0.05) is 28.5 Å². The fourth-order valence-electron chi connectivity index (χ4n) is 1.33. The molecule has 2 rings (SSSR count). The van der Waals surface area contributed by atoms with Gasteiger partial charge in [0.25, 0.3) is 0 Å². The lowest BCUT2D eigenvalue weighted by Gasteiger charge is -1.91. The van der Waals surface area contributed by atoms with Crippen LogP contribution in [0.2, 0.25) is 0 Å². The highest BCUT2D eigenvalue weighted by atomic mass is 14.7. The number of hydrogen-bond acceptors (Lipinski definition) is 1. The third-order valence-corrected chi connectivity index (χ3v) is 1.88. The van der Waals surface area contributed by atoms with Gasteiger partial charge in [0.1, 0.15) is 0 Å². The maximum absolute atomic E-state index is 4.20. The van der Waals surface area contributed by atoms with Crippen molar-refractivity contribution >= 4 is 10.9 Å². The molecule has 0 saturated carbocycles. The fourth-order valence-corrected chi connectivity index (χ4v) is 1.33. The number of nitrogens with zero attached hydrogens (tertiary/aromatic N) is 1. The molecule has 0 unspecified atom stereocenters. The van der Waals surface area contributed by atoms with Crippen molar-refractivity contribution in [3.8, 4) is 0 Å². The average molecular weight is 176 g/mol. The summed E-state index contributed by atoms with van der Waals surface area (Å²) in [6.07, 6.45) is 1.83. The second kappa shape index (κ2) is 4.08. The summed E-state index contributed by atoms with van der Waals surface area (Å²) in [4.78, 5) is 7.46. The molecule has 0 bridgehead atoms. The predicted octanol–water partition coefficient (Wildman–Crippen LogP) is 3.21. The van der Waals surface area contributed by atoms with Crippen LogP contribution in [0.3, 0.4) is 0 Å². The van der Waals surface area contributed by atoms with Gasteiger partial charge in [-0.1, -0.05) is 13.8 Å². The molecule has 0 radical (unpaired) electrons. The molecule has 2 heteroatoms. The topological polar surface area (TPSA) is 28.7 Å². The minimum atomic E-state index is 1.09. The summed E-state index contributed by atoms with van der Waals surface area (Å²) in [5.41, 5.74) is 3.46. The molecule has 0 atom stereocenters. The van der Waals surface area contributed by atoms with Crippen LogP contribution in [-0.2, 0) is 0 Å². The van der Waals surface area contributed by atoms with Crippen molar-refractivity contribution in [3.63, 3.8) is 0 Å². The third kappa shape index (κ3) is 1.89. The highest BCUT2D eigenvalue weighted by Gasteiger charge is 1.98. The number of rotatable bonds is 0. The Balaban J connectivity index is 0.000000396. The van der Waals surface area contributed by atoms with Gasteiger partial charge >= 0.3 is 0 Å². The second-order valence-corrected chi connectivity index (χ2v) is 2.81. The Morgan fingerprint density at radius 2 is 1.92 bits per heavy atom. The standard InChI is InChI=1S/C9H10N2.C2H6/c1-6-5-8-7(2)10-4-3-9(8)11-6;1-2/h3-5,11H,1-2H3;1-2H3. The van der Waals surface area contributed by atoms with E-state index in [9.17, 15) is 0 Å². The van der Waals surface area contributed by atoms with Crippen LogP contribution in [0.4, 0.5) is 0 Å². The van der Waals surface area contributed by atoms with Crippen molar-refractivity contribution in [3.05, 3.63) is 29.7 Å². The van der Waals surface area contributed by atoms with Gasteiger partial charge in [-0.25, -0.2) is 0 Å². The molecule has 1 N–H and O–H groups in total. The summed E-state index contributed by atoms with van der Waals surface area (Å²) >= 11 is 0. The molecule has 0 amide bonds. The maximum atomic E-state index is 4.20. The maximum Gasteiger partial charge on any atom is 0.0489 e. The first-order chi connectivity index (χ1) is 6.27. The highest BCUT2D eigenvalue weighted by molar-refractivity contribution is 5.82. The summed E-state index contributed by atoms with van der Waals surface area (Å²) < 4.78 is 0. The van der Waals surface area contributed by atoms with Crippen molar-refractivity contribution in [1.29, 1.82) is 0 Å². The molecule has 2 heterocycles. The van der Waals surface area contributed by atoms with Crippen LogP contribution in [0.1, 0.15) is 25.2 Å². The van der Waals surface area contributed by atoms with E-state index in [2.05, 4.69) is 23.0 Å². The van der Waals surface area contributed by atoms with Gasteiger partial charge in [0.05, 0.1) is 0 Å². The number of aryl methyl sites for hydroxylation is 2. The first-order valence-electron chi connectivity index (χ1n) is 4.68. The zero-order chi connectivity index (χ0) is 9.84. The first kappa shape index (κ1) is 9.78. The molecular formula is C11H16N2. The van der Waals surface area contributed by atoms with E-state index in [1.54, 1.807) is 0 Å². The van der Waals surface area contributed by atoms with Crippen LogP contribution in [-0.4, -0.2) is 9.97 Å². The fraction of sp³-hybridized carbons (Fsp3) is 0.364. The van der Waals surface area contributed by atoms with Crippen molar-refractivity contribution in [2.24, 2.45) is 0 Å². The number of aromatic nitrogens is 2. The van der Waals surface area contributed by atoms with Crippen LogP contribution in [0.5, 0.6) is 0 Å². The van der Waals surface area contributed by atoms with E-state index in [-0.39, 0.29) is 0 Å². The van der Waals surface area contributed by atoms with E-state index in [0.29, 0.717) is 0 Å². The Morgan fingerprint density at radius 1 is 1.23 bits per heavy atom. The molecular weight excluding hydrogens is 160 g/mol. The van der Waals surface area contributed by atoms with E-state index >= 15 is 0 Å². The predicted molar refractivity (Wildman–Crippen MR) is 56.9 cm³/mol. The monoisotopic (exact) mass is 176 g/mol. The molecule has 70 valence electrons. The SMILES string of the molecule is CC.Cc1cc2c(C)nccc2[nH]1. The van der Waals surface area contributed by atoms with Gasteiger partial charge in [-0.2, -0.15) is 0 Å². The minimum absolute atomic E-state index is 1.09. The molecule has 0 saturated heterocycles. The molecule has 2 aromatic heterocycles. The van der Waals surface area contributed by atoms with E-state index in [1.807, 2.05) is 33.0 Å². The lowest BCUT2D eigenvalue weighted by Crippen LogP contribution is -1.78. The molecule has 2 aromatic rings. The number of H-pyrrole nitrogens is 1. The summed E-state index contributed by atoms with van der Waals surface area (Å²) in [5, 5.41) is 1.23. The molecule has 13 heavy (non-hydrogen) atoms. The normalized spacial score (nSPS) is 9.54. The van der Waals surface area contributed by atoms with E-state index in [0.717, 1.165) is 5.69 Å². The molecule has 0 fully saturated rings. The Labute approximate surface area is 79.0 Å². The van der Waals surface area contributed by atoms with Crippen LogP contribution >= 0.6 is 0 Å². The third-order valence-electron chi connectivity index (χ3n) is 1.88. The van der Waals surface area contributed by atoms with Crippen molar-refractivity contribution in [2.45, 2.75) is 27.7 Å². The van der Waals surface area contributed by atoms with Gasteiger partial charge in [-0.3, -0.25) is 4.98 Å². The molecule has 0 spiro atoms. The Kier molecular flexibility index (Phi) is 3.07. The van der Waals surface area contributed by atoms with Crippen LogP contribution in [0, 0.1) is 13.8 Å². The molecule has 0 aliphatic carbocycles. The van der Waals surface area contributed by atoms with Crippen LogP contribution in [0.25, 0.3) is 10.9 Å². The number of nitrogens with one attached hydrogen (secondary N) is 1.